The van der Waals surface area contributed by atoms with E-state index in [2.05, 4.69) is 29.8 Å². The summed E-state index contributed by atoms with van der Waals surface area (Å²) in [6.45, 7) is 6.18. The Balaban J connectivity index is 2.09. The van der Waals surface area contributed by atoms with Crippen LogP contribution in [0, 0.1) is 0 Å². The largest absolute Gasteiger partial charge is 0.372 e. The molecule has 1 saturated heterocycles. The molecule has 1 fully saturated rings. The highest BCUT2D eigenvalue weighted by Gasteiger charge is 2.24. The van der Waals surface area contributed by atoms with E-state index >= 15 is 0 Å². The van der Waals surface area contributed by atoms with E-state index in [0.717, 1.165) is 25.3 Å². The smallest absolute Gasteiger partial charge is 0.128 e. The maximum Gasteiger partial charge on any atom is 0.128 e. The van der Waals surface area contributed by atoms with Gasteiger partial charge in [-0.15, -0.1) is 0 Å². The van der Waals surface area contributed by atoms with E-state index in [1.165, 1.54) is 0 Å². The van der Waals surface area contributed by atoms with Crippen molar-refractivity contribution < 1.29 is 4.74 Å². The molecule has 0 spiro atoms. The predicted octanol–water partition coefficient (Wildman–Crippen LogP) is 2.09. The van der Waals surface area contributed by atoms with Crippen molar-refractivity contribution in [2.45, 2.75) is 32.5 Å². The van der Waals surface area contributed by atoms with Gasteiger partial charge in [-0.25, -0.2) is 4.98 Å². The zero-order chi connectivity index (χ0) is 10.7. The fourth-order valence-corrected chi connectivity index (χ4v) is 2.00. The molecule has 0 amide bonds. The second kappa shape index (κ2) is 4.62. The van der Waals surface area contributed by atoms with Crippen LogP contribution in [0.1, 0.15) is 20.3 Å². The Bertz CT molecular complexity index is 302. The molecule has 1 aliphatic heterocycles. The van der Waals surface area contributed by atoms with Crippen LogP contribution in [0.3, 0.4) is 0 Å². The van der Waals surface area contributed by atoms with Gasteiger partial charge in [-0.05, 0) is 25.5 Å². The third-order valence-corrected chi connectivity index (χ3v) is 2.75. The van der Waals surface area contributed by atoms with E-state index in [-0.39, 0.29) is 0 Å². The highest BCUT2D eigenvalue weighted by molar-refractivity contribution is 5.38. The average Bonchev–Trinajstić information content (AvgIpc) is 2.29. The number of hydrogen-bond acceptors (Lipinski definition) is 3. The summed E-state index contributed by atoms with van der Waals surface area (Å²) in [6.07, 6.45) is 3.55. The Morgan fingerprint density at radius 3 is 3.00 bits per heavy atom. The standard InChI is InChI=1S/C12H18N2O/c1-3-11-9-14(8-10(2)15-11)12-6-4-5-7-13-12/h4-7,10-11H,3,8-9H2,1-2H3/t10-,11-/m1/s1. The minimum atomic E-state index is 0.297. The number of nitrogens with zero attached hydrogens (tertiary/aromatic N) is 2. The highest BCUT2D eigenvalue weighted by atomic mass is 16.5. The molecule has 0 radical (unpaired) electrons. The third-order valence-electron chi connectivity index (χ3n) is 2.75. The van der Waals surface area contributed by atoms with Crippen molar-refractivity contribution >= 4 is 5.82 Å². The average molecular weight is 206 g/mol. The van der Waals surface area contributed by atoms with Crippen molar-refractivity contribution in [2.75, 3.05) is 18.0 Å². The Morgan fingerprint density at radius 1 is 1.47 bits per heavy atom. The van der Waals surface area contributed by atoms with Crippen LogP contribution in [0.2, 0.25) is 0 Å². The van der Waals surface area contributed by atoms with E-state index in [4.69, 9.17) is 4.74 Å². The molecule has 15 heavy (non-hydrogen) atoms. The van der Waals surface area contributed by atoms with Crippen molar-refractivity contribution in [1.29, 1.82) is 0 Å². The summed E-state index contributed by atoms with van der Waals surface area (Å²) in [4.78, 5) is 6.68. The zero-order valence-corrected chi connectivity index (χ0v) is 9.39. The van der Waals surface area contributed by atoms with Crippen LogP contribution < -0.4 is 4.90 Å². The van der Waals surface area contributed by atoms with E-state index in [1.54, 1.807) is 0 Å². The van der Waals surface area contributed by atoms with E-state index < -0.39 is 0 Å². The second-order valence-electron chi connectivity index (χ2n) is 4.07. The summed E-state index contributed by atoms with van der Waals surface area (Å²) >= 11 is 0. The number of rotatable bonds is 2. The summed E-state index contributed by atoms with van der Waals surface area (Å²) in [5, 5.41) is 0. The Kier molecular flexibility index (Phi) is 3.21. The fraction of sp³-hybridized carbons (Fsp3) is 0.583. The molecule has 2 heterocycles. The van der Waals surface area contributed by atoms with Crippen LogP contribution in [-0.4, -0.2) is 30.3 Å². The van der Waals surface area contributed by atoms with Gasteiger partial charge in [0.25, 0.3) is 0 Å². The van der Waals surface area contributed by atoms with Gasteiger partial charge >= 0.3 is 0 Å². The number of pyridine rings is 1. The Morgan fingerprint density at radius 2 is 2.33 bits per heavy atom. The molecular formula is C12H18N2O. The first kappa shape index (κ1) is 10.4. The van der Waals surface area contributed by atoms with Crippen molar-refractivity contribution in [3.8, 4) is 0 Å². The van der Waals surface area contributed by atoms with Gasteiger partial charge in [0.05, 0.1) is 12.2 Å². The third kappa shape index (κ3) is 2.48. The van der Waals surface area contributed by atoms with Crippen LogP contribution in [-0.2, 0) is 4.74 Å². The number of hydrogen-bond donors (Lipinski definition) is 0. The zero-order valence-electron chi connectivity index (χ0n) is 9.39. The van der Waals surface area contributed by atoms with Crippen LogP contribution in [0.15, 0.2) is 24.4 Å². The molecular weight excluding hydrogens is 188 g/mol. The molecule has 82 valence electrons. The maximum absolute atomic E-state index is 5.82. The van der Waals surface area contributed by atoms with Crippen LogP contribution >= 0.6 is 0 Å². The lowest BCUT2D eigenvalue weighted by molar-refractivity contribution is -0.0174. The monoisotopic (exact) mass is 206 g/mol. The summed E-state index contributed by atoms with van der Waals surface area (Å²) in [5.41, 5.74) is 0. The van der Waals surface area contributed by atoms with E-state index in [1.807, 2.05) is 18.3 Å². The quantitative estimate of drug-likeness (QED) is 0.741. The van der Waals surface area contributed by atoms with Gasteiger partial charge in [0.2, 0.25) is 0 Å². The highest BCUT2D eigenvalue weighted by Crippen LogP contribution is 2.18. The molecule has 0 N–H and O–H groups in total. The van der Waals surface area contributed by atoms with Gasteiger partial charge in [0, 0.05) is 19.3 Å². The lowest BCUT2D eigenvalue weighted by Gasteiger charge is -2.37. The first-order valence-electron chi connectivity index (χ1n) is 5.61. The van der Waals surface area contributed by atoms with Gasteiger partial charge in [-0.1, -0.05) is 13.0 Å². The second-order valence-corrected chi connectivity index (χ2v) is 4.07. The molecule has 1 aliphatic rings. The fourth-order valence-electron chi connectivity index (χ4n) is 2.00. The van der Waals surface area contributed by atoms with Crippen LogP contribution in [0.5, 0.6) is 0 Å². The molecule has 0 unspecified atom stereocenters. The first-order chi connectivity index (χ1) is 7.29. The SMILES string of the molecule is CC[C@@H]1CN(c2ccccn2)C[C@@H](C)O1. The molecule has 0 saturated carbocycles. The molecule has 2 rings (SSSR count). The molecule has 3 nitrogen and oxygen atoms in total. The maximum atomic E-state index is 5.82. The van der Waals surface area contributed by atoms with E-state index in [9.17, 15) is 0 Å². The van der Waals surface area contributed by atoms with Gasteiger partial charge in [-0.2, -0.15) is 0 Å². The van der Waals surface area contributed by atoms with Gasteiger partial charge in [0.15, 0.2) is 0 Å². The molecule has 2 atom stereocenters. The van der Waals surface area contributed by atoms with Gasteiger partial charge in [-0.3, -0.25) is 0 Å². The van der Waals surface area contributed by atoms with Crippen LogP contribution in [0.25, 0.3) is 0 Å². The summed E-state index contributed by atoms with van der Waals surface area (Å²) in [6, 6.07) is 6.04. The molecule has 1 aromatic rings. The number of aromatic nitrogens is 1. The van der Waals surface area contributed by atoms with E-state index in [0.29, 0.717) is 12.2 Å². The van der Waals surface area contributed by atoms with Gasteiger partial charge in [0.1, 0.15) is 5.82 Å². The van der Waals surface area contributed by atoms with Crippen molar-refractivity contribution in [3.05, 3.63) is 24.4 Å². The molecule has 0 aromatic carbocycles. The minimum absolute atomic E-state index is 0.297. The van der Waals surface area contributed by atoms with Crippen LogP contribution in [0.4, 0.5) is 5.82 Å². The summed E-state index contributed by atoms with van der Waals surface area (Å²) in [5.74, 6) is 1.06. The lowest BCUT2D eigenvalue weighted by atomic mass is 10.2. The minimum Gasteiger partial charge on any atom is -0.372 e. The molecule has 0 aliphatic carbocycles. The normalized spacial score (nSPS) is 26.7. The lowest BCUT2D eigenvalue weighted by Crippen LogP contribution is -2.46. The number of ether oxygens (including phenoxy) is 1. The molecule has 0 bridgehead atoms. The Hall–Kier alpha value is -1.09. The number of morpholine rings is 1. The molecule has 1 aromatic heterocycles. The number of anilines is 1. The Labute approximate surface area is 91.1 Å². The molecule has 3 heteroatoms. The summed E-state index contributed by atoms with van der Waals surface area (Å²) in [7, 11) is 0. The summed E-state index contributed by atoms with van der Waals surface area (Å²) < 4.78 is 5.82. The van der Waals surface area contributed by atoms with Crippen molar-refractivity contribution in [2.24, 2.45) is 0 Å². The van der Waals surface area contributed by atoms with Crippen molar-refractivity contribution in [1.82, 2.24) is 4.98 Å². The first-order valence-corrected chi connectivity index (χ1v) is 5.61. The topological polar surface area (TPSA) is 25.4 Å². The predicted molar refractivity (Wildman–Crippen MR) is 61.1 cm³/mol. The van der Waals surface area contributed by atoms with Gasteiger partial charge < -0.3 is 9.64 Å². The van der Waals surface area contributed by atoms with Crippen molar-refractivity contribution in [3.63, 3.8) is 0 Å².